The number of hydrogen-bond acceptors (Lipinski definition) is 12. The number of Topliss-reactive ketones (excluding diaryl/α,β-unsaturated/α-hetero) is 2. The second-order valence-corrected chi connectivity index (χ2v) is 35.8. The standard InChI is InChI=1S/C86H74N4O2S8/c1-7-11-15-19-27-51-35-39-71(93-51)85(72-40-36-52(94-72)28-20-16-12-8-2)65-47-62-66(48-61(65)81-77(85)83-69(99-81)45-55(97-83)43-63-75(67(49-87)89-5)57-31-23-25-33-59(57)79(63)91)86(73-41-37-53(95-73)29-21-17-13-9-3,74-42-38-54(96-74)30-22-18-14-10-4)78-82(62)100-70-46-56(98-84(70)78)44-64-76(68(50-88)90-6)58-32-24-26-34-60(58)80(64)92/h23-26,31-48H,7-22,27-30H2,1-4H3/b63-43-,64-44-,75-67-,76-68+. The molecule has 11 aromatic rings. The molecule has 0 radical (unpaired) electrons. The summed E-state index contributed by atoms with van der Waals surface area (Å²) in [5.74, 6) is -0.342. The highest BCUT2D eigenvalue weighted by Gasteiger charge is 2.56. The fraction of sp³-hybridized carbons (Fsp3) is 0.302. The lowest BCUT2D eigenvalue weighted by Crippen LogP contribution is -2.27. The average molecular weight is 1450 g/mol. The van der Waals surface area contributed by atoms with Crippen molar-refractivity contribution in [2.24, 2.45) is 0 Å². The third kappa shape index (κ3) is 11.4. The third-order valence-corrected chi connectivity index (χ3v) is 30.5. The number of carbonyl (C=O) groups is 2. The molecule has 0 aliphatic heterocycles. The van der Waals surface area contributed by atoms with E-state index in [1.54, 1.807) is 22.7 Å². The van der Waals surface area contributed by atoms with Crippen molar-refractivity contribution in [3.05, 3.63) is 260 Å². The van der Waals surface area contributed by atoms with Crippen molar-refractivity contribution in [2.75, 3.05) is 0 Å². The smallest absolute Gasteiger partial charge is 0.270 e. The number of rotatable bonds is 26. The Bertz CT molecular complexity index is 4930. The van der Waals surface area contributed by atoms with Gasteiger partial charge in [-0.3, -0.25) is 9.59 Å². The molecule has 0 bridgehead atoms. The zero-order valence-electron chi connectivity index (χ0n) is 56.7. The molecule has 4 aliphatic rings. The molecule has 8 heterocycles. The highest BCUT2D eigenvalue weighted by molar-refractivity contribution is 7.31. The monoisotopic (exact) mass is 1450 g/mol. The van der Waals surface area contributed by atoms with Gasteiger partial charge < -0.3 is 0 Å². The number of hydrogen-bond donors (Lipinski definition) is 0. The molecule has 0 saturated heterocycles. The summed E-state index contributed by atoms with van der Waals surface area (Å²) in [4.78, 5) is 51.8. The molecule has 8 aromatic heterocycles. The number of allylic oxidation sites excluding steroid dienone is 6. The predicted molar refractivity (Wildman–Crippen MR) is 426 cm³/mol. The highest BCUT2D eigenvalue weighted by Crippen LogP contribution is 2.70. The number of ketones is 2. The Hall–Kier alpha value is -7.96. The van der Waals surface area contributed by atoms with Gasteiger partial charge in [-0.05, 0) is 170 Å². The van der Waals surface area contributed by atoms with Crippen LogP contribution in [0.2, 0.25) is 0 Å². The van der Waals surface area contributed by atoms with Gasteiger partial charge in [0.25, 0.3) is 11.4 Å². The fourth-order valence-electron chi connectivity index (χ4n) is 15.9. The van der Waals surface area contributed by atoms with Gasteiger partial charge in [0.2, 0.25) is 0 Å². The predicted octanol–water partition coefficient (Wildman–Crippen LogP) is 26.6. The van der Waals surface area contributed by atoms with Gasteiger partial charge >= 0.3 is 0 Å². The molecule has 0 saturated carbocycles. The fourth-order valence-corrected chi connectivity index (χ4v) is 26.6. The summed E-state index contributed by atoms with van der Waals surface area (Å²) in [7, 11) is 0. The summed E-state index contributed by atoms with van der Waals surface area (Å²) >= 11 is 15.1. The first-order valence-electron chi connectivity index (χ1n) is 35.5. The number of aryl methyl sites for hydroxylation is 4. The van der Waals surface area contributed by atoms with Gasteiger partial charge in [-0.25, -0.2) is 20.2 Å². The van der Waals surface area contributed by atoms with Crippen molar-refractivity contribution >= 4 is 144 Å². The van der Waals surface area contributed by atoms with Crippen LogP contribution in [0.4, 0.5) is 0 Å². The summed E-state index contributed by atoms with van der Waals surface area (Å²) in [6.07, 6.45) is 26.9. The first-order valence-corrected chi connectivity index (χ1v) is 42.1. The molecule has 4 aliphatic carbocycles. The van der Waals surface area contributed by atoms with E-state index >= 15 is 0 Å². The number of fused-ring (bicyclic) bond motifs is 12. The van der Waals surface area contributed by atoms with E-state index in [0.29, 0.717) is 44.5 Å². The van der Waals surface area contributed by atoms with Crippen LogP contribution in [0.5, 0.6) is 0 Å². The van der Waals surface area contributed by atoms with Crippen LogP contribution in [0.15, 0.2) is 144 Å². The van der Waals surface area contributed by atoms with E-state index in [-0.39, 0.29) is 23.0 Å². The lowest BCUT2D eigenvalue weighted by Gasteiger charge is -2.32. The van der Waals surface area contributed by atoms with E-state index < -0.39 is 10.8 Å². The van der Waals surface area contributed by atoms with E-state index in [0.717, 1.165) is 70.5 Å². The molecule has 0 N–H and O–H groups in total. The summed E-state index contributed by atoms with van der Waals surface area (Å²) in [5, 5.41) is 20.9. The lowest BCUT2D eigenvalue weighted by atomic mass is 9.73. The molecule has 0 atom stereocenters. The van der Waals surface area contributed by atoms with Gasteiger partial charge in [-0.1, -0.05) is 153 Å². The van der Waals surface area contributed by atoms with Crippen LogP contribution < -0.4 is 0 Å². The van der Waals surface area contributed by atoms with Crippen LogP contribution in [0.25, 0.3) is 72.7 Å². The van der Waals surface area contributed by atoms with Crippen LogP contribution in [-0.4, -0.2) is 11.6 Å². The first-order chi connectivity index (χ1) is 49.1. The molecule has 14 heteroatoms. The van der Waals surface area contributed by atoms with E-state index in [4.69, 9.17) is 13.1 Å². The number of benzene rings is 3. The number of nitrogens with zero attached hydrogens (tertiary/aromatic N) is 4. The van der Waals surface area contributed by atoms with Gasteiger partial charge in [-0.15, -0.1) is 90.7 Å². The summed E-state index contributed by atoms with van der Waals surface area (Å²) in [6, 6.07) is 48.4. The first kappa shape index (κ1) is 67.8. The normalized spacial score (nSPS) is 16.2. The van der Waals surface area contributed by atoms with E-state index in [1.807, 2.05) is 129 Å². The maximum absolute atomic E-state index is 14.6. The Morgan fingerprint density at radius 1 is 0.410 bits per heavy atom. The lowest BCUT2D eigenvalue weighted by molar-refractivity contribution is 0.103. The van der Waals surface area contributed by atoms with Crippen molar-refractivity contribution in [2.45, 2.75) is 167 Å². The molecule has 498 valence electrons. The van der Waals surface area contributed by atoms with E-state index in [9.17, 15) is 20.1 Å². The van der Waals surface area contributed by atoms with Crippen molar-refractivity contribution in [1.82, 2.24) is 0 Å². The second-order valence-electron chi connectivity index (χ2n) is 26.8. The molecule has 15 rings (SSSR count). The van der Waals surface area contributed by atoms with Crippen molar-refractivity contribution in [1.29, 1.82) is 10.5 Å². The quantitative estimate of drug-likeness (QED) is 0.0234. The molecule has 100 heavy (non-hydrogen) atoms. The largest absolute Gasteiger partial charge is 0.289 e. The SMILES string of the molecule is [C-]#[N+]/C(C#N)=C1\C(=C\c2cc3sc4c(c3s2)C(c2ccc(CCCCCC)s2)(c2ccc(CCCCCC)s2)c2cc3c(cc2-4)C(c2ccc(CCCCCC)s2)(c2ccc(CCCCCC)s2)c2c-3sc3cc(/C=C4\C(=O)c5ccccc5\C4=C(\C#N)[N+]#[C-])sc23)C(=O)c2ccccc21. The molecular formula is C86H74N4O2S8. The average Bonchev–Trinajstić information content (AvgIpc) is 1.49. The molecule has 0 amide bonds. The van der Waals surface area contributed by atoms with E-state index in [2.05, 4.69) is 122 Å². The van der Waals surface area contributed by atoms with Crippen LogP contribution in [0, 0.1) is 35.8 Å². The third-order valence-electron chi connectivity index (χ3n) is 20.6. The van der Waals surface area contributed by atoms with Gasteiger partial charge in [0.1, 0.15) is 0 Å². The zero-order valence-corrected chi connectivity index (χ0v) is 63.2. The molecule has 0 spiro atoms. The summed E-state index contributed by atoms with van der Waals surface area (Å²) < 4.78 is 4.68. The second kappa shape index (κ2) is 28.8. The van der Waals surface area contributed by atoms with E-state index in [1.165, 1.54) is 169 Å². The molecule has 3 aromatic carbocycles. The van der Waals surface area contributed by atoms with Crippen LogP contribution in [-0.2, 0) is 36.5 Å². The van der Waals surface area contributed by atoms with Gasteiger partial charge in [0, 0.05) is 112 Å². The zero-order chi connectivity index (χ0) is 68.8. The summed E-state index contributed by atoms with van der Waals surface area (Å²) in [5.41, 5.74) is 9.98. The Balaban J connectivity index is 1.01. The van der Waals surface area contributed by atoms with Gasteiger partial charge in [0.05, 0.1) is 45.5 Å². The molecular weight excluding hydrogens is 1380 g/mol. The minimum Gasteiger partial charge on any atom is -0.289 e. The van der Waals surface area contributed by atoms with Crippen molar-refractivity contribution in [3.63, 3.8) is 0 Å². The number of carbonyl (C=O) groups excluding carboxylic acids is 2. The Morgan fingerprint density at radius 3 is 1.05 bits per heavy atom. The number of thiophene rings is 8. The minimum absolute atomic E-state index is 0.0808. The maximum atomic E-state index is 14.6. The van der Waals surface area contributed by atoms with Crippen molar-refractivity contribution in [3.8, 4) is 33.0 Å². The molecule has 0 fully saturated rings. The molecule has 0 unspecified atom stereocenters. The van der Waals surface area contributed by atoms with Crippen LogP contribution in [0.1, 0.15) is 233 Å². The van der Waals surface area contributed by atoms with Crippen molar-refractivity contribution < 1.29 is 9.59 Å². The Kier molecular flexibility index (Phi) is 19.6. The minimum atomic E-state index is -0.721. The number of nitriles is 2. The number of unbranched alkanes of at least 4 members (excludes halogenated alkanes) is 12. The maximum Gasteiger partial charge on any atom is 0.270 e. The van der Waals surface area contributed by atoms with Crippen LogP contribution in [0.3, 0.4) is 0 Å². The molecule has 6 nitrogen and oxygen atoms in total. The Morgan fingerprint density at radius 2 is 0.740 bits per heavy atom. The Labute approximate surface area is 619 Å². The summed E-state index contributed by atoms with van der Waals surface area (Å²) in [6.45, 7) is 25.4. The van der Waals surface area contributed by atoms with Gasteiger partial charge in [0.15, 0.2) is 11.6 Å². The van der Waals surface area contributed by atoms with Crippen LogP contribution >= 0.6 is 90.7 Å². The topological polar surface area (TPSA) is 90.4 Å². The highest BCUT2D eigenvalue weighted by atomic mass is 32.1. The van der Waals surface area contributed by atoms with Gasteiger partial charge in [-0.2, -0.15) is 0 Å².